The van der Waals surface area contributed by atoms with Crippen molar-refractivity contribution in [1.29, 1.82) is 0 Å². The predicted molar refractivity (Wildman–Crippen MR) is 101 cm³/mol. The fourth-order valence-electron chi connectivity index (χ4n) is 3.12. The van der Waals surface area contributed by atoms with E-state index >= 15 is 0 Å². The van der Waals surface area contributed by atoms with Crippen LogP contribution in [0.1, 0.15) is 27.9 Å². The molecule has 0 spiro atoms. The standard InChI is InChI=1S/C19H22N2O4S/c1-20-19(22)16-7-5-14(6-8-16)13-26(23,24)21-11-3-4-15-9-10-17(25-2)12-18(15)21/h5-10,12H,3-4,11,13H2,1-2H3,(H,20,22). The number of carbonyl (C=O) groups is 1. The molecule has 1 N–H and O–H groups in total. The first kappa shape index (κ1) is 18.3. The van der Waals surface area contributed by atoms with E-state index in [0.717, 1.165) is 18.4 Å². The zero-order chi connectivity index (χ0) is 18.7. The van der Waals surface area contributed by atoms with Crippen molar-refractivity contribution in [3.63, 3.8) is 0 Å². The third-order valence-corrected chi connectivity index (χ3v) is 6.25. The Morgan fingerprint density at radius 2 is 1.92 bits per heavy atom. The summed E-state index contributed by atoms with van der Waals surface area (Å²) in [6, 6.07) is 12.2. The van der Waals surface area contributed by atoms with Gasteiger partial charge in [0.05, 0.1) is 18.6 Å². The number of methoxy groups -OCH3 is 1. The second-order valence-corrected chi connectivity index (χ2v) is 8.10. The maximum atomic E-state index is 13.0. The molecule has 0 radical (unpaired) electrons. The molecule has 0 aliphatic carbocycles. The summed E-state index contributed by atoms with van der Waals surface area (Å²) in [5.74, 6) is 0.328. The van der Waals surface area contributed by atoms with Crippen LogP contribution in [0.15, 0.2) is 42.5 Å². The molecule has 0 aromatic heterocycles. The van der Waals surface area contributed by atoms with Crippen LogP contribution in [0.4, 0.5) is 5.69 Å². The largest absolute Gasteiger partial charge is 0.497 e. The smallest absolute Gasteiger partial charge is 0.251 e. The molecule has 1 aliphatic heterocycles. The molecule has 26 heavy (non-hydrogen) atoms. The number of hydrogen-bond donors (Lipinski definition) is 1. The van der Waals surface area contributed by atoms with Gasteiger partial charge in [0.15, 0.2) is 0 Å². The molecular formula is C19H22N2O4S. The van der Waals surface area contributed by atoms with Crippen LogP contribution in [0.3, 0.4) is 0 Å². The van der Waals surface area contributed by atoms with E-state index in [0.29, 0.717) is 29.1 Å². The molecule has 0 unspecified atom stereocenters. The van der Waals surface area contributed by atoms with Gasteiger partial charge in [-0.05, 0) is 42.2 Å². The zero-order valence-corrected chi connectivity index (χ0v) is 15.7. The monoisotopic (exact) mass is 374 g/mol. The third kappa shape index (κ3) is 3.67. The fraction of sp³-hybridized carbons (Fsp3) is 0.316. The number of hydrogen-bond acceptors (Lipinski definition) is 4. The Morgan fingerprint density at radius 3 is 2.58 bits per heavy atom. The summed E-state index contributed by atoms with van der Waals surface area (Å²) < 4.78 is 32.7. The minimum Gasteiger partial charge on any atom is -0.497 e. The molecule has 0 bridgehead atoms. The maximum Gasteiger partial charge on any atom is 0.251 e. The van der Waals surface area contributed by atoms with Crippen molar-refractivity contribution in [3.8, 4) is 5.75 Å². The number of nitrogens with one attached hydrogen (secondary N) is 1. The lowest BCUT2D eigenvalue weighted by molar-refractivity contribution is 0.0963. The Labute approximate surface area is 153 Å². The van der Waals surface area contributed by atoms with Gasteiger partial charge in [0.2, 0.25) is 10.0 Å². The van der Waals surface area contributed by atoms with Gasteiger partial charge in [-0.15, -0.1) is 0 Å². The van der Waals surface area contributed by atoms with E-state index in [-0.39, 0.29) is 11.7 Å². The summed E-state index contributed by atoms with van der Waals surface area (Å²) in [5, 5.41) is 2.55. The van der Waals surface area contributed by atoms with Crippen LogP contribution in [-0.4, -0.2) is 35.0 Å². The van der Waals surface area contributed by atoms with Gasteiger partial charge in [-0.25, -0.2) is 8.42 Å². The second kappa shape index (κ2) is 7.37. The zero-order valence-electron chi connectivity index (χ0n) is 14.9. The molecule has 0 saturated heterocycles. The summed E-state index contributed by atoms with van der Waals surface area (Å²) in [7, 11) is -0.411. The first-order valence-electron chi connectivity index (χ1n) is 8.43. The lowest BCUT2D eigenvalue weighted by atomic mass is 10.0. The molecule has 0 fully saturated rings. The first-order valence-corrected chi connectivity index (χ1v) is 10.0. The van der Waals surface area contributed by atoms with Crippen LogP contribution in [0.5, 0.6) is 5.75 Å². The normalized spacial score (nSPS) is 13.8. The molecule has 7 heteroatoms. The number of carbonyl (C=O) groups excluding carboxylic acids is 1. The van der Waals surface area contributed by atoms with Gasteiger partial charge in [-0.3, -0.25) is 9.10 Å². The molecular weight excluding hydrogens is 352 g/mol. The number of ether oxygens (including phenoxy) is 1. The minimum atomic E-state index is -3.54. The molecule has 0 saturated carbocycles. The molecule has 1 heterocycles. The van der Waals surface area contributed by atoms with E-state index < -0.39 is 10.0 Å². The van der Waals surface area contributed by atoms with E-state index in [9.17, 15) is 13.2 Å². The van der Waals surface area contributed by atoms with Crippen LogP contribution in [0.25, 0.3) is 0 Å². The highest BCUT2D eigenvalue weighted by molar-refractivity contribution is 7.92. The number of aryl methyl sites for hydroxylation is 1. The van der Waals surface area contributed by atoms with Gasteiger partial charge < -0.3 is 10.1 Å². The summed E-state index contributed by atoms with van der Waals surface area (Å²) in [6.07, 6.45) is 1.64. The fourth-order valence-corrected chi connectivity index (χ4v) is 4.77. The average molecular weight is 374 g/mol. The van der Waals surface area contributed by atoms with Crippen LogP contribution < -0.4 is 14.4 Å². The lowest BCUT2D eigenvalue weighted by Gasteiger charge is -2.30. The number of benzene rings is 2. The summed E-state index contributed by atoms with van der Waals surface area (Å²) >= 11 is 0. The molecule has 6 nitrogen and oxygen atoms in total. The van der Waals surface area contributed by atoms with Gasteiger partial charge in [0, 0.05) is 25.2 Å². The van der Waals surface area contributed by atoms with Crippen LogP contribution in [-0.2, 0) is 22.2 Å². The van der Waals surface area contributed by atoms with Crippen LogP contribution in [0.2, 0.25) is 0 Å². The maximum absolute atomic E-state index is 13.0. The first-order chi connectivity index (χ1) is 12.4. The molecule has 138 valence electrons. The highest BCUT2D eigenvalue weighted by atomic mass is 32.2. The highest BCUT2D eigenvalue weighted by Crippen LogP contribution is 2.33. The number of nitrogens with zero attached hydrogens (tertiary/aromatic N) is 1. The van der Waals surface area contributed by atoms with Crippen molar-refractivity contribution in [2.45, 2.75) is 18.6 Å². The minimum absolute atomic E-state index is 0.113. The predicted octanol–water partition coefficient (Wildman–Crippen LogP) is 2.34. The Bertz CT molecular complexity index is 908. The molecule has 0 atom stereocenters. The van der Waals surface area contributed by atoms with Gasteiger partial charge in [-0.1, -0.05) is 18.2 Å². The number of anilines is 1. The van der Waals surface area contributed by atoms with Gasteiger partial charge >= 0.3 is 0 Å². The topological polar surface area (TPSA) is 75.7 Å². The van der Waals surface area contributed by atoms with Crippen molar-refractivity contribution in [1.82, 2.24) is 5.32 Å². The quantitative estimate of drug-likeness (QED) is 0.872. The van der Waals surface area contributed by atoms with E-state index in [2.05, 4.69) is 5.32 Å². The molecule has 1 aliphatic rings. The Morgan fingerprint density at radius 1 is 1.19 bits per heavy atom. The second-order valence-electron chi connectivity index (χ2n) is 6.20. The average Bonchev–Trinajstić information content (AvgIpc) is 2.66. The van der Waals surface area contributed by atoms with Crippen LogP contribution in [0, 0.1) is 0 Å². The number of fused-ring (bicyclic) bond motifs is 1. The van der Waals surface area contributed by atoms with E-state index in [1.807, 2.05) is 12.1 Å². The molecule has 1 amide bonds. The Balaban J connectivity index is 1.86. The molecule has 3 rings (SSSR count). The summed E-state index contributed by atoms with van der Waals surface area (Å²) in [4.78, 5) is 11.6. The lowest BCUT2D eigenvalue weighted by Crippen LogP contribution is -2.36. The van der Waals surface area contributed by atoms with Gasteiger partial charge in [-0.2, -0.15) is 0 Å². The Hall–Kier alpha value is -2.54. The van der Waals surface area contributed by atoms with E-state index in [4.69, 9.17) is 4.74 Å². The Kier molecular flexibility index (Phi) is 5.18. The van der Waals surface area contributed by atoms with Gasteiger partial charge in [0.1, 0.15) is 5.75 Å². The van der Waals surface area contributed by atoms with Crippen molar-refractivity contribution in [3.05, 3.63) is 59.2 Å². The summed E-state index contributed by atoms with van der Waals surface area (Å²) in [6.45, 7) is 0.457. The third-order valence-electron chi connectivity index (χ3n) is 4.50. The van der Waals surface area contributed by atoms with Crippen molar-refractivity contribution in [2.75, 3.05) is 25.0 Å². The van der Waals surface area contributed by atoms with Crippen molar-refractivity contribution >= 4 is 21.6 Å². The van der Waals surface area contributed by atoms with Gasteiger partial charge in [0.25, 0.3) is 5.91 Å². The highest BCUT2D eigenvalue weighted by Gasteiger charge is 2.28. The summed E-state index contributed by atoms with van der Waals surface area (Å²) in [5.41, 5.74) is 2.85. The van der Waals surface area contributed by atoms with E-state index in [1.54, 1.807) is 44.5 Å². The van der Waals surface area contributed by atoms with Crippen LogP contribution >= 0.6 is 0 Å². The molecule has 2 aromatic rings. The number of amides is 1. The SMILES string of the molecule is CNC(=O)c1ccc(CS(=O)(=O)N2CCCc3ccc(OC)cc32)cc1. The van der Waals surface area contributed by atoms with E-state index in [1.165, 1.54) is 4.31 Å². The number of rotatable bonds is 5. The number of sulfonamides is 1. The van der Waals surface area contributed by atoms with Crippen molar-refractivity contribution in [2.24, 2.45) is 0 Å². The van der Waals surface area contributed by atoms with Crippen molar-refractivity contribution < 1.29 is 17.9 Å². The molecule has 2 aromatic carbocycles.